The number of hydrogen-bond acceptors (Lipinski definition) is 1. The quantitative estimate of drug-likeness (QED) is 0.646. The van der Waals surface area contributed by atoms with Crippen LogP contribution in [0.4, 0.5) is 0 Å². The Hall–Kier alpha value is -0.0600. The number of rotatable bonds is 0. The predicted octanol–water partition coefficient (Wildman–Crippen LogP) is 2.38. The Morgan fingerprint density at radius 2 is 2.10 bits per heavy atom. The van der Waals surface area contributed by atoms with Crippen molar-refractivity contribution in [1.29, 1.82) is 0 Å². The van der Waals surface area contributed by atoms with Crippen molar-refractivity contribution in [2.24, 2.45) is 0 Å². The van der Waals surface area contributed by atoms with Gasteiger partial charge in [0.05, 0.1) is 28.6 Å². The molecular weight excluding hydrogens is 239 g/mol. The topological polar surface area (TPSA) is 17.8 Å². The molecule has 0 aliphatic rings. The molecule has 0 fully saturated rings. The highest BCUT2D eigenvalue weighted by Gasteiger charge is 2.15. The molecule has 0 aliphatic heterocycles. The maximum absolute atomic E-state index is 4.29. The van der Waals surface area contributed by atoms with Gasteiger partial charge in [0.25, 0.3) is 0 Å². The maximum atomic E-state index is 4.29. The van der Waals surface area contributed by atoms with Crippen molar-refractivity contribution in [3.8, 4) is 0 Å². The minimum absolute atomic E-state index is 0.177. The second kappa shape index (κ2) is 2.53. The van der Waals surface area contributed by atoms with E-state index in [9.17, 15) is 0 Å². The molecule has 0 spiro atoms. The van der Waals surface area contributed by atoms with Crippen molar-refractivity contribution in [3.63, 3.8) is 0 Å². The molecule has 0 unspecified atom stereocenters. The van der Waals surface area contributed by atoms with Crippen molar-refractivity contribution in [1.82, 2.24) is 7.99 Å². The third kappa shape index (κ3) is 1.71. The average molecular weight is 250 g/mol. The summed E-state index contributed by atoms with van der Waals surface area (Å²) in [6.07, 6.45) is 1.96. The van der Waals surface area contributed by atoms with Gasteiger partial charge in [-0.15, -0.1) is 0 Å². The molecule has 0 saturated heterocycles. The Bertz CT molecular complexity index is 222. The zero-order valence-electron chi connectivity index (χ0n) is 6.43. The van der Waals surface area contributed by atoms with E-state index in [1.54, 1.807) is 2.90 Å². The first-order chi connectivity index (χ1) is 4.50. The van der Waals surface area contributed by atoms with Crippen LogP contribution < -0.4 is 0 Å². The van der Waals surface area contributed by atoms with Crippen molar-refractivity contribution in [2.75, 3.05) is 0 Å². The van der Waals surface area contributed by atoms with E-state index in [1.165, 1.54) is 0 Å². The SMILES string of the molecule is CC(C)(C)c1ccn(I)n1. The molecule has 0 aromatic carbocycles. The van der Waals surface area contributed by atoms with Gasteiger partial charge < -0.3 is 0 Å². The van der Waals surface area contributed by atoms with Crippen LogP contribution in [0.25, 0.3) is 0 Å². The zero-order chi connectivity index (χ0) is 7.78. The van der Waals surface area contributed by atoms with Crippen molar-refractivity contribution in [2.45, 2.75) is 26.2 Å². The Morgan fingerprint density at radius 1 is 1.50 bits per heavy atom. The van der Waals surface area contributed by atoms with E-state index in [2.05, 4.69) is 48.7 Å². The molecule has 2 nitrogen and oxygen atoms in total. The maximum Gasteiger partial charge on any atom is 0.0843 e. The third-order valence-electron chi connectivity index (χ3n) is 1.33. The molecule has 0 saturated carbocycles. The Balaban J connectivity index is 2.96. The van der Waals surface area contributed by atoms with Gasteiger partial charge in [0.2, 0.25) is 0 Å². The lowest BCUT2D eigenvalue weighted by Crippen LogP contribution is -2.11. The predicted molar refractivity (Wildman–Crippen MR) is 50.3 cm³/mol. The molecule has 1 aromatic heterocycles. The fraction of sp³-hybridized carbons (Fsp3) is 0.571. The van der Waals surface area contributed by atoms with Crippen LogP contribution in [-0.2, 0) is 5.41 Å². The monoisotopic (exact) mass is 250 g/mol. The molecule has 0 bridgehead atoms. The normalized spacial score (nSPS) is 12.0. The summed E-state index contributed by atoms with van der Waals surface area (Å²) in [5, 5.41) is 4.29. The third-order valence-corrected chi connectivity index (χ3v) is 1.86. The van der Waals surface area contributed by atoms with Gasteiger partial charge in [-0.25, -0.2) is 2.90 Å². The average Bonchev–Trinajstić information content (AvgIpc) is 2.11. The van der Waals surface area contributed by atoms with Crippen LogP contribution in [0.15, 0.2) is 12.3 Å². The van der Waals surface area contributed by atoms with Gasteiger partial charge in [-0.2, -0.15) is 5.10 Å². The molecule has 0 aliphatic carbocycles. The van der Waals surface area contributed by atoms with Crippen molar-refractivity contribution < 1.29 is 0 Å². The lowest BCUT2D eigenvalue weighted by atomic mass is 9.93. The summed E-state index contributed by atoms with van der Waals surface area (Å²) in [5.74, 6) is 0. The van der Waals surface area contributed by atoms with Gasteiger partial charge in [-0.1, -0.05) is 20.8 Å². The lowest BCUT2D eigenvalue weighted by molar-refractivity contribution is 0.566. The molecule has 0 atom stereocenters. The van der Waals surface area contributed by atoms with Crippen molar-refractivity contribution in [3.05, 3.63) is 18.0 Å². The van der Waals surface area contributed by atoms with E-state index >= 15 is 0 Å². The molecule has 0 radical (unpaired) electrons. The molecule has 3 heteroatoms. The van der Waals surface area contributed by atoms with Crippen LogP contribution in [0.3, 0.4) is 0 Å². The molecule has 0 N–H and O–H groups in total. The first-order valence-electron chi connectivity index (χ1n) is 3.22. The number of nitrogens with zero attached hydrogens (tertiary/aromatic N) is 2. The van der Waals surface area contributed by atoms with E-state index < -0.39 is 0 Å². The van der Waals surface area contributed by atoms with Gasteiger partial charge in [-0.05, 0) is 6.07 Å². The summed E-state index contributed by atoms with van der Waals surface area (Å²) in [6, 6.07) is 2.05. The fourth-order valence-electron chi connectivity index (χ4n) is 0.702. The van der Waals surface area contributed by atoms with E-state index in [1.807, 2.05) is 12.3 Å². The molecule has 10 heavy (non-hydrogen) atoms. The highest BCUT2D eigenvalue weighted by Crippen LogP contribution is 2.19. The summed E-state index contributed by atoms with van der Waals surface area (Å²) in [7, 11) is 0. The molecule has 1 heterocycles. The number of aromatic nitrogens is 2. The Labute approximate surface area is 75.1 Å². The van der Waals surface area contributed by atoms with Crippen LogP contribution >= 0.6 is 22.9 Å². The summed E-state index contributed by atoms with van der Waals surface area (Å²) < 4.78 is 1.80. The molecular formula is C7H11IN2. The van der Waals surface area contributed by atoms with E-state index in [-0.39, 0.29) is 5.41 Å². The molecule has 1 aromatic rings. The minimum Gasteiger partial charge on any atom is -0.211 e. The van der Waals surface area contributed by atoms with Crippen molar-refractivity contribution >= 4 is 22.9 Å². The molecule has 0 amide bonds. The van der Waals surface area contributed by atoms with Gasteiger partial charge >= 0.3 is 0 Å². The van der Waals surface area contributed by atoms with Gasteiger partial charge in [0.15, 0.2) is 0 Å². The Kier molecular flexibility index (Phi) is 2.03. The van der Waals surface area contributed by atoms with Crippen LogP contribution in [0, 0.1) is 0 Å². The van der Waals surface area contributed by atoms with Crippen LogP contribution in [-0.4, -0.2) is 7.99 Å². The van der Waals surface area contributed by atoms with Crippen LogP contribution in [0.5, 0.6) is 0 Å². The highest BCUT2D eigenvalue weighted by molar-refractivity contribution is 14.1. The first kappa shape index (κ1) is 8.04. The zero-order valence-corrected chi connectivity index (χ0v) is 8.58. The Morgan fingerprint density at radius 3 is 2.30 bits per heavy atom. The van der Waals surface area contributed by atoms with Gasteiger partial charge in [0.1, 0.15) is 0 Å². The summed E-state index contributed by atoms with van der Waals surface area (Å²) in [6.45, 7) is 6.48. The lowest BCUT2D eigenvalue weighted by Gasteiger charge is -2.13. The summed E-state index contributed by atoms with van der Waals surface area (Å²) in [4.78, 5) is 0. The molecule has 56 valence electrons. The summed E-state index contributed by atoms with van der Waals surface area (Å²) >= 11 is 2.15. The second-order valence-corrected chi connectivity index (χ2v) is 4.33. The van der Waals surface area contributed by atoms with Gasteiger partial charge in [0, 0.05) is 11.6 Å². The van der Waals surface area contributed by atoms with Crippen LogP contribution in [0.1, 0.15) is 26.5 Å². The highest BCUT2D eigenvalue weighted by atomic mass is 127. The minimum atomic E-state index is 0.177. The smallest absolute Gasteiger partial charge is 0.0843 e. The summed E-state index contributed by atoms with van der Waals surface area (Å²) in [5.41, 5.74) is 1.32. The van der Waals surface area contributed by atoms with E-state index in [4.69, 9.17) is 0 Å². The first-order valence-corrected chi connectivity index (χ1v) is 4.19. The van der Waals surface area contributed by atoms with E-state index in [0.717, 1.165) is 5.69 Å². The van der Waals surface area contributed by atoms with Crippen LogP contribution in [0.2, 0.25) is 0 Å². The van der Waals surface area contributed by atoms with E-state index in [0.29, 0.717) is 0 Å². The standard InChI is InChI=1S/C7H11IN2/c1-7(2,3)6-4-5-10(8)9-6/h4-5H,1-3H3. The van der Waals surface area contributed by atoms with Gasteiger partial charge in [-0.3, -0.25) is 0 Å². The second-order valence-electron chi connectivity index (χ2n) is 3.34. The number of halogens is 1. The number of hydrogen-bond donors (Lipinski definition) is 0. The molecule has 1 rings (SSSR count). The fourth-order valence-corrected chi connectivity index (χ4v) is 1.09. The largest absolute Gasteiger partial charge is 0.211 e.